The number of nitrogens with two attached hydrogens (primary N) is 1. The van der Waals surface area contributed by atoms with Gasteiger partial charge in [-0.1, -0.05) is 13.0 Å². The highest BCUT2D eigenvalue weighted by Gasteiger charge is 2.13. The van der Waals surface area contributed by atoms with Crippen LogP contribution in [0.3, 0.4) is 0 Å². The van der Waals surface area contributed by atoms with Gasteiger partial charge in [-0.25, -0.2) is 18.7 Å². The summed E-state index contributed by atoms with van der Waals surface area (Å²) >= 11 is 0. The Balaban J connectivity index is 2.42. The fraction of sp³-hybridized carbons (Fsp3) is 0.286. The minimum Gasteiger partial charge on any atom is -0.383 e. The molecule has 0 bridgehead atoms. The zero-order chi connectivity index (χ0) is 14.7. The minimum absolute atomic E-state index is 0.240. The molecule has 1 heterocycles. The lowest BCUT2D eigenvalue weighted by molar-refractivity contribution is 0.590. The standard InChI is InChI=1S/C14H16F2N4/c1-3-5-11-18-13(17)8(2)14(19-11)20-12-9(15)6-4-7-10(12)16/h4,6-7H,3,5H2,1-2H3,(H3,17,18,19,20). The lowest BCUT2D eigenvalue weighted by Gasteiger charge is -2.13. The molecule has 2 rings (SSSR count). The first-order valence-corrected chi connectivity index (χ1v) is 6.37. The molecule has 0 spiro atoms. The van der Waals surface area contributed by atoms with Crippen LogP contribution in [0.2, 0.25) is 0 Å². The molecule has 0 amide bonds. The highest BCUT2D eigenvalue weighted by atomic mass is 19.1. The Hall–Kier alpha value is -2.24. The first-order chi connectivity index (χ1) is 9.52. The number of nitrogens with zero attached hydrogens (tertiary/aromatic N) is 2. The van der Waals surface area contributed by atoms with E-state index in [1.165, 1.54) is 18.2 Å². The zero-order valence-corrected chi connectivity index (χ0v) is 11.4. The molecule has 0 saturated heterocycles. The van der Waals surface area contributed by atoms with Crippen LogP contribution >= 0.6 is 0 Å². The van der Waals surface area contributed by atoms with Crippen molar-refractivity contribution >= 4 is 17.3 Å². The monoisotopic (exact) mass is 278 g/mol. The topological polar surface area (TPSA) is 63.8 Å². The molecule has 0 aliphatic heterocycles. The van der Waals surface area contributed by atoms with Crippen molar-refractivity contribution in [1.29, 1.82) is 0 Å². The van der Waals surface area contributed by atoms with Gasteiger partial charge in [-0.15, -0.1) is 0 Å². The number of nitrogens with one attached hydrogen (secondary N) is 1. The number of rotatable bonds is 4. The van der Waals surface area contributed by atoms with Crippen LogP contribution in [-0.4, -0.2) is 9.97 Å². The van der Waals surface area contributed by atoms with Crippen LogP contribution in [0.5, 0.6) is 0 Å². The molecule has 0 radical (unpaired) electrons. The van der Waals surface area contributed by atoms with Crippen LogP contribution in [0.15, 0.2) is 18.2 Å². The summed E-state index contributed by atoms with van der Waals surface area (Å²) in [7, 11) is 0. The average Bonchev–Trinajstić information content (AvgIpc) is 2.39. The minimum atomic E-state index is -0.682. The summed E-state index contributed by atoms with van der Waals surface area (Å²) in [5.74, 6) is -0.181. The summed E-state index contributed by atoms with van der Waals surface area (Å²) in [5.41, 5.74) is 6.13. The molecule has 1 aromatic heterocycles. The molecule has 2 aromatic rings. The molecule has 4 nitrogen and oxygen atoms in total. The van der Waals surface area contributed by atoms with E-state index in [4.69, 9.17) is 5.73 Å². The summed E-state index contributed by atoms with van der Waals surface area (Å²) in [6.45, 7) is 3.69. The Labute approximate surface area is 116 Å². The summed E-state index contributed by atoms with van der Waals surface area (Å²) in [6, 6.07) is 3.66. The molecule has 0 aliphatic carbocycles. The fourth-order valence-electron chi connectivity index (χ4n) is 1.77. The molecule has 6 heteroatoms. The van der Waals surface area contributed by atoms with Crippen molar-refractivity contribution in [3.8, 4) is 0 Å². The number of aromatic nitrogens is 2. The van der Waals surface area contributed by atoms with Crippen LogP contribution < -0.4 is 11.1 Å². The number of hydrogen-bond donors (Lipinski definition) is 2. The first kappa shape index (κ1) is 14.2. The predicted octanol–water partition coefficient (Wildman–Crippen LogP) is 3.34. The summed E-state index contributed by atoms with van der Waals surface area (Å²) < 4.78 is 27.3. The maximum atomic E-state index is 13.6. The van der Waals surface area contributed by atoms with Crippen LogP contribution in [0, 0.1) is 18.6 Å². The molecule has 20 heavy (non-hydrogen) atoms. The van der Waals surface area contributed by atoms with Crippen LogP contribution in [-0.2, 0) is 6.42 Å². The fourth-order valence-corrected chi connectivity index (χ4v) is 1.77. The summed E-state index contributed by atoms with van der Waals surface area (Å²) in [4.78, 5) is 8.41. The number of para-hydroxylation sites is 1. The largest absolute Gasteiger partial charge is 0.383 e. The second-order valence-corrected chi connectivity index (χ2v) is 4.47. The Kier molecular flexibility index (Phi) is 4.12. The van der Waals surface area contributed by atoms with Crippen LogP contribution in [0.4, 0.5) is 26.1 Å². The summed E-state index contributed by atoms with van der Waals surface area (Å²) in [5, 5.41) is 2.67. The van der Waals surface area contributed by atoms with E-state index in [2.05, 4.69) is 15.3 Å². The van der Waals surface area contributed by atoms with Gasteiger partial charge in [0.25, 0.3) is 0 Å². The van der Waals surface area contributed by atoms with Crippen molar-refractivity contribution in [3.05, 3.63) is 41.2 Å². The number of benzene rings is 1. The molecule has 0 fully saturated rings. The third-order valence-corrected chi connectivity index (χ3v) is 2.91. The van der Waals surface area contributed by atoms with E-state index in [9.17, 15) is 8.78 Å². The second kappa shape index (κ2) is 5.81. The van der Waals surface area contributed by atoms with Gasteiger partial charge in [0, 0.05) is 12.0 Å². The molecule has 0 aliphatic rings. The predicted molar refractivity (Wildman–Crippen MR) is 74.8 cm³/mol. The van der Waals surface area contributed by atoms with Gasteiger partial charge in [-0.3, -0.25) is 0 Å². The maximum absolute atomic E-state index is 13.6. The molecular weight excluding hydrogens is 262 g/mol. The molecular formula is C14H16F2N4. The van der Waals surface area contributed by atoms with Gasteiger partial charge >= 0.3 is 0 Å². The average molecular weight is 278 g/mol. The Morgan fingerprint density at radius 1 is 1.20 bits per heavy atom. The molecule has 0 atom stereocenters. The normalized spacial score (nSPS) is 10.6. The van der Waals surface area contributed by atoms with Crippen molar-refractivity contribution < 1.29 is 8.78 Å². The zero-order valence-electron chi connectivity index (χ0n) is 11.4. The van der Waals surface area contributed by atoms with Crippen LogP contribution in [0.1, 0.15) is 24.7 Å². The van der Waals surface area contributed by atoms with Gasteiger partial charge in [0.1, 0.15) is 34.8 Å². The van der Waals surface area contributed by atoms with E-state index in [1.807, 2.05) is 6.92 Å². The van der Waals surface area contributed by atoms with E-state index in [-0.39, 0.29) is 5.69 Å². The molecule has 1 aromatic carbocycles. The third kappa shape index (κ3) is 2.84. The Bertz CT molecular complexity index is 609. The number of aryl methyl sites for hydroxylation is 1. The highest BCUT2D eigenvalue weighted by Crippen LogP contribution is 2.26. The van der Waals surface area contributed by atoms with Gasteiger partial charge < -0.3 is 11.1 Å². The quantitative estimate of drug-likeness (QED) is 0.900. The van der Waals surface area contributed by atoms with E-state index < -0.39 is 11.6 Å². The van der Waals surface area contributed by atoms with Crippen molar-refractivity contribution in [1.82, 2.24) is 9.97 Å². The van der Waals surface area contributed by atoms with Crippen molar-refractivity contribution in [2.24, 2.45) is 0 Å². The lowest BCUT2D eigenvalue weighted by Crippen LogP contribution is -2.08. The number of anilines is 3. The van der Waals surface area contributed by atoms with Crippen molar-refractivity contribution in [2.75, 3.05) is 11.1 Å². The highest BCUT2D eigenvalue weighted by molar-refractivity contribution is 5.64. The first-order valence-electron chi connectivity index (χ1n) is 6.37. The lowest BCUT2D eigenvalue weighted by atomic mass is 10.2. The molecule has 106 valence electrons. The van der Waals surface area contributed by atoms with E-state index in [0.29, 0.717) is 29.4 Å². The number of hydrogen-bond acceptors (Lipinski definition) is 4. The number of halogens is 2. The van der Waals surface area contributed by atoms with E-state index in [1.54, 1.807) is 6.92 Å². The molecule has 0 unspecified atom stereocenters. The van der Waals surface area contributed by atoms with Gasteiger partial charge in [-0.05, 0) is 25.5 Å². The van der Waals surface area contributed by atoms with Crippen molar-refractivity contribution in [3.63, 3.8) is 0 Å². The maximum Gasteiger partial charge on any atom is 0.149 e. The SMILES string of the molecule is CCCc1nc(N)c(C)c(Nc2c(F)cccc2F)n1. The van der Waals surface area contributed by atoms with E-state index in [0.717, 1.165) is 6.42 Å². The summed E-state index contributed by atoms with van der Waals surface area (Å²) in [6.07, 6.45) is 1.51. The molecule has 0 saturated carbocycles. The van der Waals surface area contributed by atoms with Gasteiger partial charge in [0.05, 0.1) is 0 Å². The van der Waals surface area contributed by atoms with E-state index >= 15 is 0 Å². The Morgan fingerprint density at radius 3 is 2.45 bits per heavy atom. The van der Waals surface area contributed by atoms with Crippen molar-refractivity contribution in [2.45, 2.75) is 26.7 Å². The molecule has 3 N–H and O–H groups in total. The Morgan fingerprint density at radius 2 is 1.85 bits per heavy atom. The van der Waals surface area contributed by atoms with Crippen LogP contribution in [0.25, 0.3) is 0 Å². The number of nitrogen functional groups attached to an aromatic ring is 1. The second-order valence-electron chi connectivity index (χ2n) is 4.47. The van der Waals surface area contributed by atoms with Gasteiger partial charge in [0.15, 0.2) is 0 Å². The van der Waals surface area contributed by atoms with Gasteiger partial charge in [0.2, 0.25) is 0 Å². The third-order valence-electron chi connectivity index (χ3n) is 2.91. The smallest absolute Gasteiger partial charge is 0.149 e. The van der Waals surface area contributed by atoms with Gasteiger partial charge in [-0.2, -0.15) is 0 Å².